The predicted octanol–water partition coefficient (Wildman–Crippen LogP) is 2.57. The molecule has 0 saturated carbocycles. The molecule has 132 valence electrons. The van der Waals surface area contributed by atoms with Gasteiger partial charge in [0.05, 0.1) is 0 Å². The zero-order chi connectivity index (χ0) is 18.1. The van der Waals surface area contributed by atoms with Crippen LogP contribution in [0.1, 0.15) is 20.7 Å². The Morgan fingerprint density at radius 3 is 2.12 bits per heavy atom. The molecule has 2 heterocycles. The van der Waals surface area contributed by atoms with E-state index in [1.807, 2.05) is 0 Å². The summed E-state index contributed by atoms with van der Waals surface area (Å²) in [5.74, 6) is -0.619. The van der Waals surface area contributed by atoms with Gasteiger partial charge in [0, 0.05) is 37.3 Å². The fraction of sp³-hybridized carbons (Fsp3) is 0.211. The van der Waals surface area contributed by atoms with Crippen LogP contribution in [-0.2, 0) is 0 Å². The first-order valence-corrected chi connectivity index (χ1v) is 8.29. The summed E-state index contributed by atoms with van der Waals surface area (Å²) in [5, 5.41) is 0. The van der Waals surface area contributed by atoms with Crippen LogP contribution in [0, 0.1) is 5.82 Å². The minimum absolute atomic E-state index is 0.0937. The van der Waals surface area contributed by atoms with Gasteiger partial charge in [-0.05, 0) is 42.5 Å². The smallest absolute Gasteiger partial charge is 0.254 e. The van der Waals surface area contributed by atoms with Crippen molar-refractivity contribution in [2.45, 2.75) is 0 Å². The first kappa shape index (κ1) is 16.3. The number of halogens is 1. The Kier molecular flexibility index (Phi) is 4.12. The normalized spacial score (nSPS) is 14.7. The molecule has 7 heteroatoms. The van der Waals surface area contributed by atoms with Crippen molar-refractivity contribution >= 4 is 22.9 Å². The van der Waals surface area contributed by atoms with Crippen molar-refractivity contribution < 1.29 is 18.4 Å². The van der Waals surface area contributed by atoms with Gasteiger partial charge >= 0.3 is 0 Å². The maximum atomic E-state index is 13.0. The van der Waals surface area contributed by atoms with Crippen LogP contribution in [0.2, 0.25) is 0 Å². The molecule has 6 nitrogen and oxygen atoms in total. The van der Waals surface area contributed by atoms with Gasteiger partial charge in [-0.2, -0.15) is 0 Å². The second-order valence-electron chi connectivity index (χ2n) is 6.13. The van der Waals surface area contributed by atoms with Crippen LogP contribution < -0.4 is 0 Å². The second kappa shape index (κ2) is 6.59. The minimum atomic E-state index is -0.374. The first-order chi connectivity index (χ1) is 12.6. The third kappa shape index (κ3) is 3.03. The molecule has 2 aromatic carbocycles. The Bertz CT molecular complexity index is 960. The van der Waals surface area contributed by atoms with Crippen molar-refractivity contribution in [1.29, 1.82) is 0 Å². The van der Waals surface area contributed by atoms with Crippen LogP contribution in [0.4, 0.5) is 4.39 Å². The van der Waals surface area contributed by atoms with E-state index in [2.05, 4.69) is 4.98 Å². The fourth-order valence-electron chi connectivity index (χ4n) is 3.06. The molecule has 0 unspecified atom stereocenters. The molecule has 0 spiro atoms. The highest BCUT2D eigenvalue weighted by Gasteiger charge is 2.25. The van der Waals surface area contributed by atoms with E-state index < -0.39 is 0 Å². The Morgan fingerprint density at radius 1 is 0.885 bits per heavy atom. The summed E-state index contributed by atoms with van der Waals surface area (Å²) < 4.78 is 18.2. The zero-order valence-electron chi connectivity index (χ0n) is 13.9. The van der Waals surface area contributed by atoms with Gasteiger partial charge < -0.3 is 14.2 Å². The van der Waals surface area contributed by atoms with E-state index in [1.165, 1.54) is 30.7 Å². The number of amides is 2. The number of hydrogen-bond donors (Lipinski definition) is 0. The van der Waals surface area contributed by atoms with Gasteiger partial charge in [0.1, 0.15) is 11.3 Å². The molecule has 1 fully saturated rings. The Hall–Kier alpha value is -3.22. The number of piperazine rings is 1. The molecule has 0 radical (unpaired) electrons. The van der Waals surface area contributed by atoms with Crippen molar-refractivity contribution in [3.8, 4) is 0 Å². The van der Waals surface area contributed by atoms with Crippen LogP contribution in [0.15, 0.2) is 53.3 Å². The van der Waals surface area contributed by atoms with E-state index in [4.69, 9.17) is 4.42 Å². The predicted molar refractivity (Wildman–Crippen MR) is 92.2 cm³/mol. The molecule has 0 atom stereocenters. The van der Waals surface area contributed by atoms with Crippen molar-refractivity contribution in [3.05, 3.63) is 65.8 Å². The molecule has 1 aliphatic rings. The third-order valence-electron chi connectivity index (χ3n) is 4.52. The first-order valence-electron chi connectivity index (χ1n) is 8.29. The van der Waals surface area contributed by atoms with Gasteiger partial charge in [-0.15, -0.1) is 0 Å². The monoisotopic (exact) mass is 353 g/mol. The van der Waals surface area contributed by atoms with Crippen molar-refractivity contribution in [1.82, 2.24) is 14.8 Å². The van der Waals surface area contributed by atoms with Crippen LogP contribution >= 0.6 is 0 Å². The molecule has 3 aromatic rings. The highest BCUT2D eigenvalue weighted by atomic mass is 19.1. The number of aromatic nitrogens is 1. The largest absolute Gasteiger partial charge is 0.443 e. The fourth-order valence-corrected chi connectivity index (χ4v) is 3.06. The van der Waals surface area contributed by atoms with Crippen molar-refractivity contribution in [2.24, 2.45) is 0 Å². The Labute approximate surface area is 148 Å². The maximum absolute atomic E-state index is 13.0. The number of benzene rings is 2. The lowest BCUT2D eigenvalue weighted by Gasteiger charge is -2.34. The van der Waals surface area contributed by atoms with E-state index >= 15 is 0 Å². The summed E-state index contributed by atoms with van der Waals surface area (Å²) in [7, 11) is 0. The van der Waals surface area contributed by atoms with E-state index in [0.29, 0.717) is 48.4 Å². The van der Waals surface area contributed by atoms with E-state index in [-0.39, 0.29) is 17.6 Å². The molecule has 2 amide bonds. The number of carbonyl (C=O) groups is 2. The van der Waals surface area contributed by atoms with Gasteiger partial charge in [0.2, 0.25) is 0 Å². The lowest BCUT2D eigenvalue weighted by atomic mass is 10.1. The van der Waals surface area contributed by atoms with E-state index in [9.17, 15) is 14.0 Å². The highest BCUT2D eigenvalue weighted by Crippen LogP contribution is 2.17. The van der Waals surface area contributed by atoms with Crippen molar-refractivity contribution in [2.75, 3.05) is 26.2 Å². The Morgan fingerprint density at radius 2 is 1.46 bits per heavy atom. The number of oxazole rings is 1. The zero-order valence-corrected chi connectivity index (χ0v) is 13.9. The molecule has 0 bridgehead atoms. The molecule has 1 aromatic heterocycles. The average molecular weight is 353 g/mol. The van der Waals surface area contributed by atoms with Crippen LogP contribution in [0.3, 0.4) is 0 Å². The number of hydrogen-bond acceptors (Lipinski definition) is 4. The summed E-state index contributed by atoms with van der Waals surface area (Å²) in [6.45, 7) is 1.77. The number of rotatable bonds is 2. The molecule has 0 N–H and O–H groups in total. The van der Waals surface area contributed by atoms with Crippen LogP contribution in [-0.4, -0.2) is 52.8 Å². The van der Waals surface area contributed by atoms with Gasteiger partial charge in [-0.1, -0.05) is 0 Å². The average Bonchev–Trinajstić information content (AvgIpc) is 3.15. The van der Waals surface area contributed by atoms with Crippen LogP contribution in [0.25, 0.3) is 11.1 Å². The summed E-state index contributed by atoms with van der Waals surface area (Å²) in [6.07, 6.45) is 1.35. The third-order valence-corrected chi connectivity index (χ3v) is 4.52. The van der Waals surface area contributed by atoms with Gasteiger partial charge in [0.15, 0.2) is 12.0 Å². The standard InChI is InChI=1S/C19H16FN3O3/c20-15-4-1-13(2-5-15)18(24)22-7-9-23(10-8-22)19(25)14-3-6-17-16(11-14)21-12-26-17/h1-6,11-12H,7-10H2. The molecule has 4 rings (SSSR count). The molecular weight excluding hydrogens is 337 g/mol. The SMILES string of the molecule is O=C(c1ccc(F)cc1)N1CCN(C(=O)c2ccc3ocnc3c2)CC1. The number of fused-ring (bicyclic) bond motifs is 1. The van der Waals surface area contributed by atoms with E-state index in [0.717, 1.165) is 0 Å². The molecule has 26 heavy (non-hydrogen) atoms. The van der Waals surface area contributed by atoms with Gasteiger partial charge in [-0.25, -0.2) is 9.37 Å². The summed E-state index contributed by atoms with van der Waals surface area (Å²) in [6, 6.07) is 10.6. The Balaban J connectivity index is 1.41. The van der Waals surface area contributed by atoms with Crippen LogP contribution in [0.5, 0.6) is 0 Å². The quantitative estimate of drug-likeness (QED) is 0.710. The lowest BCUT2D eigenvalue weighted by Crippen LogP contribution is -2.50. The van der Waals surface area contributed by atoms with Crippen molar-refractivity contribution in [3.63, 3.8) is 0 Å². The van der Waals surface area contributed by atoms with Gasteiger partial charge in [0.25, 0.3) is 11.8 Å². The molecule has 1 saturated heterocycles. The molecular formula is C19H16FN3O3. The summed E-state index contributed by atoms with van der Waals surface area (Å²) in [4.78, 5) is 32.6. The number of carbonyl (C=O) groups excluding carboxylic acids is 2. The van der Waals surface area contributed by atoms with Gasteiger partial charge in [-0.3, -0.25) is 9.59 Å². The number of nitrogens with zero attached hydrogens (tertiary/aromatic N) is 3. The second-order valence-corrected chi connectivity index (χ2v) is 6.13. The lowest BCUT2D eigenvalue weighted by molar-refractivity contribution is 0.0535. The van der Waals surface area contributed by atoms with E-state index in [1.54, 1.807) is 28.0 Å². The maximum Gasteiger partial charge on any atom is 0.254 e. The highest BCUT2D eigenvalue weighted by molar-refractivity contribution is 5.97. The summed E-state index contributed by atoms with van der Waals surface area (Å²) in [5.41, 5.74) is 2.27. The molecule has 0 aliphatic carbocycles. The molecule has 1 aliphatic heterocycles. The minimum Gasteiger partial charge on any atom is -0.443 e. The topological polar surface area (TPSA) is 66.7 Å². The summed E-state index contributed by atoms with van der Waals surface area (Å²) >= 11 is 0.